The van der Waals surface area contributed by atoms with Gasteiger partial charge in [0, 0.05) is 18.0 Å². The van der Waals surface area contributed by atoms with E-state index in [0.29, 0.717) is 5.56 Å². The molecule has 37 heavy (non-hydrogen) atoms. The molecule has 2 amide bonds. The van der Waals surface area contributed by atoms with Crippen LogP contribution >= 0.6 is 11.3 Å². The molecule has 6 nitrogen and oxygen atoms in total. The molecule has 3 atom stereocenters. The molecule has 0 radical (unpaired) electrons. The average Bonchev–Trinajstić information content (AvgIpc) is 3.59. The number of nitrogens with one attached hydrogen (secondary N) is 1. The molecule has 0 fully saturated rings. The summed E-state index contributed by atoms with van der Waals surface area (Å²) in [4.78, 5) is 28.4. The van der Waals surface area contributed by atoms with Crippen molar-refractivity contribution in [2.45, 2.75) is 31.3 Å². The SMILES string of the molecule is O=C(NCc1ccc(-c2cccs2)cc1)[C@H](O)[C@@H](O)C(=O)N1Cc2ccccc2[C@@H]1c1cccc(F)c1. The number of aliphatic hydroxyl groups excluding tert-OH is 2. The third-order valence-corrected chi connectivity index (χ3v) is 7.42. The second-order valence-electron chi connectivity index (χ2n) is 8.90. The Morgan fingerprint density at radius 2 is 1.76 bits per heavy atom. The molecule has 3 aromatic carbocycles. The summed E-state index contributed by atoms with van der Waals surface area (Å²) < 4.78 is 14.0. The van der Waals surface area contributed by atoms with Gasteiger partial charge in [-0.3, -0.25) is 9.59 Å². The second-order valence-corrected chi connectivity index (χ2v) is 9.85. The smallest absolute Gasteiger partial charge is 0.255 e. The first-order valence-corrected chi connectivity index (χ1v) is 12.7. The summed E-state index contributed by atoms with van der Waals surface area (Å²) in [5.41, 5.74) is 4.06. The standard InChI is InChI=1S/C29H25FN2O4S/c30-22-7-3-6-20(15-22)25-23-8-2-1-5-21(23)17-32(25)29(36)27(34)26(33)28(35)31-16-18-10-12-19(13-11-18)24-9-4-14-37-24/h1-15,25-27,33-34H,16-17H2,(H,31,35)/t25-,26+,27+/m0/s1. The minimum Gasteiger partial charge on any atom is -0.380 e. The summed E-state index contributed by atoms with van der Waals surface area (Å²) in [6.45, 7) is 0.292. The molecule has 1 aliphatic rings. The maximum atomic E-state index is 14.0. The Morgan fingerprint density at radius 3 is 2.49 bits per heavy atom. The van der Waals surface area contributed by atoms with Gasteiger partial charge in [0.2, 0.25) is 0 Å². The Bertz CT molecular complexity index is 1410. The zero-order chi connectivity index (χ0) is 25.9. The Hall–Kier alpha value is -3.85. The van der Waals surface area contributed by atoms with Crippen LogP contribution in [-0.4, -0.2) is 39.1 Å². The van der Waals surface area contributed by atoms with E-state index in [1.54, 1.807) is 23.5 Å². The fraction of sp³-hybridized carbons (Fsp3) is 0.172. The van der Waals surface area contributed by atoms with Gasteiger partial charge in [0.25, 0.3) is 11.8 Å². The van der Waals surface area contributed by atoms with E-state index in [9.17, 15) is 24.2 Å². The molecule has 4 aromatic rings. The summed E-state index contributed by atoms with van der Waals surface area (Å²) in [5.74, 6) is -2.12. The van der Waals surface area contributed by atoms with Crippen LogP contribution in [0.5, 0.6) is 0 Å². The third-order valence-electron chi connectivity index (χ3n) is 6.50. The lowest BCUT2D eigenvalue weighted by atomic mass is 9.97. The van der Waals surface area contributed by atoms with Crippen LogP contribution in [0, 0.1) is 5.82 Å². The predicted octanol–water partition coefficient (Wildman–Crippen LogP) is 4.02. The molecular formula is C29H25FN2O4S. The number of thiophene rings is 1. The summed E-state index contributed by atoms with van der Waals surface area (Å²) in [6.07, 6.45) is -3.94. The van der Waals surface area contributed by atoms with Gasteiger partial charge < -0.3 is 20.4 Å². The quantitative estimate of drug-likeness (QED) is 0.346. The monoisotopic (exact) mass is 516 g/mol. The lowest BCUT2D eigenvalue weighted by molar-refractivity contribution is -0.154. The van der Waals surface area contributed by atoms with Gasteiger partial charge in [-0.2, -0.15) is 0 Å². The first-order chi connectivity index (χ1) is 17.9. The van der Waals surface area contributed by atoms with Crippen molar-refractivity contribution in [3.8, 4) is 10.4 Å². The molecule has 0 bridgehead atoms. The second kappa shape index (κ2) is 10.6. The highest BCUT2D eigenvalue weighted by Crippen LogP contribution is 2.39. The van der Waals surface area contributed by atoms with Crippen molar-refractivity contribution < 1.29 is 24.2 Å². The maximum absolute atomic E-state index is 14.0. The van der Waals surface area contributed by atoms with E-state index in [1.165, 1.54) is 17.0 Å². The summed E-state index contributed by atoms with van der Waals surface area (Å²) >= 11 is 1.63. The highest BCUT2D eigenvalue weighted by atomic mass is 32.1. The number of nitrogens with zero attached hydrogens (tertiary/aromatic N) is 1. The van der Waals surface area contributed by atoms with E-state index in [0.717, 1.165) is 27.1 Å². The van der Waals surface area contributed by atoms with Crippen LogP contribution in [0.1, 0.15) is 28.3 Å². The van der Waals surface area contributed by atoms with Crippen molar-refractivity contribution in [2.24, 2.45) is 0 Å². The van der Waals surface area contributed by atoms with Crippen LogP contribution in [0.15, 0.2) is 90.3 Å². The molecule has 1 aromatic heterocycles. The van der Waals surface area contributed by atoms with Gasteiger partial charge in [0.05, 0.1) is 6.04 Å². The molecular weight excluding hydrogens is 491 g/mol. The molecule has 0 unspecified atom stereocenters. The van der Waals surface area contributed by atoms with Crippen molar-refractivity contribution in [1.29, 1.82) is 0 Å². The van der Waals surface area contributed by atoms with Crippen molar-refractivity contribution in [2.75, 3.05) is 0 Å². The zero-order valence-electron chi connectivity index (χ0n) is 19.8. The average molecular weight is 517 g/mol. The number of rotatable bonds is 7. The van der Waals surface area contributed by atoms with Gasteiger partial charge in [0.15, 0.2) is 12.2 Å². The zero-order valence-corrected chi connectivity index (χ0v) is 20.6. The van der Waals surface area contributed by atoms with Crippen LogP contribution in [-0.2, 0) is 22.7 Å². The van der Waals surface area contributed by atoms with Gasteiger partial charge in [-0.15, -0.1) is 11.3 Å². The highest BCUT2D eigenvalue weighted by molar-refractivity contribution is 7.13. The van der Waals surface area contributed by atoms with E-state index in [4.69, 9.17) is 0 Å². The summed E-state index contributed by atoms with van der Waals surface area (Å²) in [6, 6.07) is 24.2. The van der Waals surface area contributed by atoms with Crippen molar-refractivity contribution in [1.82, 2.24) is 10.2 Å². The first-order valence-electron chi connectivity index (χ1n) is 11.8. The molecule has 1 aliphatic heterocycles. The van der Waals surface area contributed by atoms with E-state index < -0.39 is 35.9 Å². The molecule has 8 heteroatoms. The minimum atomic E-state index is -1.98. The van der Waals surface area contributed by atoms with Crippen LogP contribution < -0.4 is 5.32 Å². The Kier molecular flexibility index (Phi) is 7.14. The normalized spacial score (nSPS) is 16.2. The van der Waals surface area contributed by atoms with Gasteiger partial charge in [-0.1, -0.05) is 66.7 Å². The number of carbonyl (C=O) groups is 2. The number of aliphatic hydroxyl groups is 2. The van der Waals surface area contributed by atoms with Crippen LogP contribution in [0.3, 0.4) is 0 Å². The first kappa shape index (κ1) is 24.8. The molecule has 3 N–H and O–H groups in total. The molecule has 0 saturated carbocycles. The maximum Gasteiger partial charge on any atom is 0.255 e. The van der Waals surface area contributed by atoms with Gasteiger partial charge >= 0.3 is 0 Å². The molecule has 0 spiro atoms. The van der Waals surface area contributed by atoms with Crippen LogP contribution in [0.25, 0.3) is 10.4 Å². The third kappa shape index (κ3) is 5.17. The lowest BCUT2D eigenvalue weighted by Crippen LogP contribution is -2.50. The fourth-order valence-electron chi connectivity index (χ4n) is 4.60. The largest absolute Gasteiger partial charge is 0.380 e. The van der Waals surface area contributed by atoms with Gasteiger partial charge in [-0.05, 0) is 51.4 Å². The number of fused-ring (bicyclic) bond motifs is 1. The molecule has 2 heterocycles. The number of amides is 2. The Morgan fingerprint density at radius 1 is 0.973 bits per heavy atom. The molecule has 0 saturated heterocycles. The number of hydrogen-bond acceptors (Lipinski definition) is 5. The topological polar surface area (TPSA) is 89.9 Å². The minimum absolute atomic E-state index is 0.128. The van der Waals surface area contributed by atoms with Crippen LogP contribution in [0.4, 0.5) is 4.39 Å². The number of halogens is 1. The fourth-order valence-corrected chi connectivity index (χ4v) is 5.33. The van der Waals surface area contributed by atoms with Crippen molar-refractivity contribution in [3.05, 3.63) is 118 Å². The number of benzene rings is 3. The summed E-state index contributed by atoms with van der Waals surface area (Å²) in [5, 5.41) is 25.8. The van der Waals surface area contributed by atoms with Crippen LogP contribution in [0.2, 0.25) is 0 Å². The lowest BCUT2D eigenvalue weighted by Gasteiger charge is -2.29. The van der Waals surface area contributed by atoms with E-state index in [-0.39, 0.29) is 13.1 Å². The van der Waals surface area contributed by atoms with Gasteiger partial charge in [0.1, 0.15) is 5.82 Å². The van der Waals surface area contributed by atoms with E-state index in [2.05, 4.69) is 5.32 Å². The number of hydrogen-bond donors (Lipinski definition) is 3. The molecule has 0 aliphatic carbocycles. The number of carbonyl (C=O) groups excluding carboxylic acids is 2. The van der Waals surface area contributed by atoms with E-state index >= 15 is 0 Å². The highest BCUT2D eigenvalue weighted by Gasteiger charge is 2.40. The molecule has 5 rings (SSSR count). The summed E-state index contributed by atoms with van der Waals surface area (Å²) in [7, 11) is 0. The van der Waals surface area contributed by atoms with Gasteiger partial charge in [-0.25, -0.2) is 4.39 Å². The molecule has 188 valence electrons. The van der Waals surface area contributed by atoms with E-state index in [1.807, 2.05) is 66.0 Å². The van der Waals surface area contributed by atoms with Crippen molar-refractivity contribution in [3.63, 3.8) is 0 Å². The predicted molar refractivity (Wildman–Crippen MR) is 139 cm³/mol. The Balaban J connectivity index is 1.26. The van der Waals surface area contributed by atoms with Crippen molar-refractivity contribution >= 4 is 23.2 Å². The Labute approximate surface area is 217 Å².